The number of H-pyrrole nitrogens is 1. The van der Waals surface area contributed by atoms with Crippen molar-refractivity contribution in [1.82, 2.24) is 15.2 Å². The smallest absolute Gasteiger partial charge is 0.253 e. The molecule has 2 rings (SSSR count). The van der Waals surface area contributed by atoms with Crippen LogP contribution in [0.1, 0.15) is 30.5 Å². The van der Waals surface area contributed by atoms with Crippen LogP contribution in [-0.2, 0) is 6.54 Å². The first-order chi connectivity index (χ1) is 12.7. The summed E-state index contributed by atoms with van der Waals surface area (Å²) in [4.78, 5) is 19.2. The minimum absolute atomic E-state index is 0.0370. The van der Waals surface area contributed by atoms with Gasteiger partial charge in [0.25, 0.3) is 5.56 Å². The van der Waals surface area contributed by atoms with E-state index in [4.69, 9.17) is 12.2 Å². The molecule has 0 aliphatic carbocycles. The molecule has 0 saturated heterocycles. The lowest BCUT2D eigenvalue weighted by Crippen LogP contribution is -3.06. The summed E-state index contributed by atoms with van der Waals surface area (Å²) in [5, 5.41) is 5.15. The van der Waals surface area contributed by atoms with Gasteiger partial charge >= 0.3 is 0 Å². The van der Waals surface area contributed by atoms with Gasteiger partial charge in [-0.3, -0.25) is 4.79 Å². The third kappa shape index (κ3) is 5.78. The topological polar surface area (TPSA) is 52.6 Å². The van der Waals surface area contributed by atoms with Gasteiger partial charge in [0, 0.05) is 17.5 Å². The maximum atomic E-state index is 12.7. The van der Waals surface area contributed by atoms with E-state index in [0.717, 1.165) is 47.2 Å². The summed E-state index contributed by atoms with van der Waals surface area (Å²) in [7, 11) is 4.25. The number of aromatic amines is 1. The molecule has 0 spiro atoms. The zero-order chi connectivity index (χ0) is 20.1. The summed E-state index contributed by atoms with van der Waals surface area (Å²) in [5.74, 6) is 0.513. The molecule has 0 saturated carbocycles. The molecule has 0 radical (unpaired) electrons. The summed E-state index contributed by atoms with van der Waals surface area (Å²) in [5.41, 5.74) is 3.89. The van der Waals surface area contributed by atoms with Gasteiger partial charge in [-0.2, -0.15) is 0 Å². The number of aromatic nitrogens is 1. The summed E-state index contributed by atoms with van der Waals surface area (Å²) in [6.45, 7) is 11.5. The van der Waals surface area contributed by atoms with Crippen LogP contribution in [0.25, 0.3) is 10.9 Å². The fourth-order valence-corrected chi connectivity index (χ4v) is 3.19. The van der Waals surface area contributed by atoms with E-state index in [1.54, 1.807) is 0 Å². The Hall–Kier alpha value is -1.92. The molecular weight excluding hydrogens is 356 g/mol. The molecule has 0 aliphatic rings. The average molecular weight is 390 g/mol. The van der Waals surface area contributed by atoms with E-state index in [-0.39, 0.29) is 5.56 Å². The minimum Gasteiger partial charge on any atom is -0.362 e. The SMILES string of the molecule is Cc1ccc(C)c2[nH]c(=O)c(CN(CC[NH+](C)C)C(=S)NCC(C)C)cc12. The second kappa shape index (κ2) is 9.33. The van der Waals surface area contributed by atoms with E-state index >= 15 is 0 Å². The number of hydrogen-bond donors (Lipinski definition) is 3. The normalized spacial score (nSPS) is 11.4. The van der Waals surface area contributed by atoms with Gasteiger partial charge < -0.3 is 20.1 Å². The zero-order valence-electron chi connectivity index (χ0n) is 17.4. The Balaban J connectivity index is 2.32. The number of quaternary nitrogens is 1. The Morgan fingerprint density at radius 3 is 2.56 bits per heavy atom. The maximum absolute atomic E-state index is 12.7. The van der Waals surface area contributed by atoms with Gasteiger partial charge in [-0.05, 0) is 49.2 Å². The van der Waals surface area contributed by atoms with Crippen LogP contribution in [-0.4, -0.2) is 48.7 Å². The van der Waals surface area contributed by atoms with Crippen LogP contribution >= 0.6 is 12.2 Å². The molecule has 0 fully saturated rings. The van der Waals surface area contributed by atoms with Crippen molar-refractivity contribution in [1.29, 1.82) is 0 Å². The summed E-state index contributed by atoms with van der Waals surface area (Å²) in [6.07, 6.45) is 0. The number of nitrogens with zero attached hydrogens (tertiary/aromatic N) is 1. The molecule has 27 heavy (non-hydrogen) atoms. The van der Waals surface area contributed by atoms with Gasteiger partial charge in [0.05, 0.1) is 39.2 Å². The Kier molecular flexibility index (Phi) is 7.39. The number of benzene rings is 1. The number of rotatable bonds is 7. The van der Waals surface area contributed by atoms with Crippen LogP contribution in [0, 0.1) is 19.8 Å². The lowest BCUT2D eigenvalue weighted by Gasteiger charge is -2.27. The first kappa shape index (κ1) is 21.4. The number of thiocarbonyl (C=S) groups is 1. The van der Waals surface area contributed by atoms with Crippen molar-refractivity contribution in [2.24, 2.45) is 5.92 Å². The second-order valence-corrected chi connectivity index (χ2v) is 8.46. The van der Waals surface area contributed by atoms with Crippen LogP contribution < -0.4 is 15.8 Å². The van der Waals surface area contributed by atoms with Crippen molar-refractivity contribution in [3.63, 3.8) is 0 Å². The number of aryl methyl sites for hydroxylation is 2. The van der Waals surface area contributed by atoms with Crippen molar-refractivity contribution in [2.45, 2.75) is 34.2 Å². The molecule has 148 valence electrons. The molecule has 3 N–H and O–H groups in total. The van der Waals surface area contributed by atoms with Crippen molar-refractivity contribution in [2.75, 3.05) is 33.7 Å². The fraction of sp³-hybridized carbons (Fsp3) is 0.524. The van der Waals surface area contributed by atoms with Gasteiger partial charge in [-0.25, -0.2) is 0 Å². The largest absolute Gasteiger partial charge is 0.362 e. The van der Waals surface area contributed by atoms with Crippen molar-refractivity contribution >= 4 is 28.2 Å². The Labute approximate surface area is 167 Å². The van der Waals surface area contributed by atoms with Crippen LogP contribution in [0.4, 0.5) is 0 Å². The number of nitrogens with one attached hydrogen (secondary N) is 3. The first-order valence-electron chi connectivity index (χ1n) is 9.63. The van der Waals surface area contributed by atoms with E-state index in [9.17, 15) is 4.79 Å². The van der Waals surface area contributed by atoms with Gasteiger partial charge in [0.15, 0.2) is 5.11 Å². The van der Waals surface area contributed by atoms with E-state index in [1.807, 2.05) is 19.1 Å². The van der Waals surface area contributed by atoms with Crippen molar-refractivity contribution in [3.8, 4) is 0 Å². The highest BCUT2D eigenvalue weighted by molar-refractivity contribution is 7.80. The molecule has 0 atom stereocenters. The zero-order valence-corrected chi connectivity index (χ0v) is 18.2. The van der Waals surface area contributed by atoms with Crippen LogP contribution in [0.15, 0.2) is 23.0 Å². The Bertz CT molecular complexity index is 857. The number of hydrogen-bond acceptors (Lipinski definition) is 2. The van der Waals surface area contributed by atoms with Crippen LogP contribution in [0.2, 0.25) is 0 Å². The lowest BCUT2D eigenvalue weighted by molar-refractivity contribution is -0.857. The van der Waals surface area contributed by atoms with Gasteiger partial charge in [-0.15, -0.1) is 0 Å². The second-order valence-electron chi connectivity index (χ2n) is 8.07. The van der Waals surface area contributed by atoms with Gasteiger partial charge in [-0.1, -0.05) is 26.0 Å². The summed E-state index contributed by atoms with van der Waals surface area (Å²) < 4.78 is 0. The fourth-order valence-electron chi connectivity index (χ4n) is 2.96. The minimum atomic E-state index is -0.0370. The molecule has 0 bridgehead atoms. The standard InChI is InChI=1S/C21H32N4OS/c1-14(2)12-22-21(27)25(10-9-24(5)6)13-17-11-18-15(3)7-8-16(4)19(18)23-20(17)26/h7-8,11,14H,9-10,12-13H2,1-6H3,(H,22,27)(H,23,26)/p+1. The Morgan fingerprint density at radius 2 is 1.93 bits per heavy atom. The van der Waals surface area contributed by atoms with E-state index in [1.165, 1.54) is 4.90 Å². The first-order valence-corrected chi connectivity index (χ1v) is 10.0. The van der Waals surface area contributed by atoms with E-state index in [0.29, 0.717) is 17.6 Å². The molecule has 0 amide bonds. The highest BCUT2D eigenvalue weighted by atomic mass is 32.1. The molecule has 2 aromatic rings. The predicted molar refractivity (Wildman–Crippen MR) is 118 cm³/mol. The number of likely N-dealkylation sites (N-methyl/N-ethyl adjacent to an activating group) is 1. The third-order valence-corrected chi connectivity index (χ3v) is 5.11. The molecular formula is C21H33N4OS+. The molecule has 1 aromatic carbocycles. The van der Waals surface area contributed by atoms with Crippen LogP contribution in [0.5, 0.6) is 0 Å². The lowest BCUT2D eigenvalue weighted by atomic mass is 10.0. The average Bonchev–Trinajstić information content (AvgIpc) is 2.60. The predicted octanol–water partition coefficient (Wildman–Crippen LogP) is 1.62. The highest BCUT2D eigenvalue weighted by Crippen LogP contribution is 2.20. The van der Waals surface area contributed by atoms with E-state index in [2.05, 4.69) is 56.1 Å². The monoisotopic (exact) mass is 389 g/mol. The van der Waals surface area contributed by atoms with Crippen LogP contribution in [0.3, 0.4) is 0 Å². The summed E-state index contributed by atoms with van der Waals surface area (Å²) >= 11 is 5.62. The maximum Gasteiger partial charge on any atom is 0.253 e. The molecule has 0 aliphatic heterocycles. The third-order valence-electron chi connectivity index (χ3n) is 4.71. The Morgan fingerprint density at radius 1 is 1.26 bits per heavy atom. The summed E-state index contributed by atoms with van der Waals surface area (Å²) in [6, 6.07) is 6.17. The molecule has 1 aromatic heterocycles. The van der Waals surface area contributed by atoms with E-state index < -0.39 is 0 Å². The highest BCUT2D eigenvalue weighted by Gasteiger charge is 2.15. The molecule has 0 unspecified atom stereocenters. The number of pyridine rings is 1. The number of fused-ring (bicyclic) bond motifs is 1. The van der Waals surface area contributed by atoms with Crippen molar-refractivity contribution < 1.29 is 4.90 Å². The quantitative estimate of drug-likeness (QED) is 0.630. The molecule has 1 heterocycles. The van der Waals surface area contributed by atoms with Crippen molar-refractivity contribution in [3.05, 3.63) is 45.2 Å². The molecule has 6 heteroatoms. The van der Waals surface area contributed by atoms with Gasteiger partial charge in [0.1, 0.15) is 0 Å². The molecule has 5 nitrogen and oxygen atoms in total. The van der Waals surface area contributed by atoms with Gasteiger partial charge in [0.2, 0.25) is 0 Å².